The predicted octanol–water partition coefficient (Wildman–Crippen LogP) is 3.68. The Morgan fingerprint density at radius 2 is 1.66 bits per heavy atom. The lowest BCUT2D eigenvalue weighted by molar-refractivity contribution is -0.119. The van der Waals surface area contributed by atoms with Gasteiger partial charge in [0.25, 0.3) is 0 Å². The summed E-state index contributed by atoms with van der Waals surface area (Å²) >= 11 is 0. The Labute approximate surface area is 172 Å². The third kappa shape index (κ3) is 4.36. The maximum Gasteiger partial charge on any atom is 0.244 e. The van der Waals surface area contributed by atoms with Gasteiger partial charge in [-0.3, -0.25) is 9.69 Å². The first-order valence-corrected chi connectivity index (χ1v) is 10.6. The zero-order chi connectivity index (χ0) is 20.4. The fourth-order valence-corrected chi connectivity index (χ4v) is 4.95. The molecule has 154 valence electrons. The second-order valence-electron chi connectivity index (χ2n) is 8.61. The minimum absolute atomic E-state index is 0.0128. The zero-order valence-corrected chi connectivity index (χ0v) is 17.2. The fraction of sp³-hybridized carbons (Fsp3) is 0.458. The van der Waals surface area contributed by atoms with Crippen LogP contribution in [0.1, 0.15) is 25.8 Å². The molecule has 4 atom stereocenters. The van der Waals surface area contributed by atoms with E-state index in [0.717, 1.165) is 26.1 Å². The van der Waals surface area contributed by atoms with Crippen LogP contribution < -0.4 is 10.2 Å². The molecule has 0 aromatic heterocycles. The first-order chi connectivity index (χ1) is 14.0. The molecule has 1 unspecified atom stereocenters. The van der Waals surface area contributed by atoms with Crippen LogP contribution in [0.3, 0.4) is 0 Å². The topological polar surface area (TPSA) is 35.6 Å². The Morgan fingerprint density at radius 1 is 1.00 bits per heavy atom. The number of hydrogen-bond donors (Lipinski definition) is 1. The molecule has 29 heavy (non-hydrogen) atoms. The van der Waals surface area contributed by atoms with Crippen LogP contribution in [0.15, 0.2) is 54.6 Å². The van der Waals surface area contributed by atoms with Crippen molar-refractivity contribution in [1.29, 1.82) is 0 Å². The van der Waals surface area contributed by atoms with Gasteiger partial charge in [-0.05, 0) is 36.0 Å². The number of rotatable bonds is 5. The van der Waals surface area contributed by atoms with Gasteiger partial charge in [0.1, 0.15) is 5.82 Å². The molecule has 4 nitrogen and oxygen atoms in total. The van der Waals surface area contributed by atoms with Crippen LogP contribution in [0.25, 0.3) is 0 Å². The number of nitrogens with zero attached hydrogens (tertiary/aromatic N) is 2. The summed E-state index contributed by atoms with van der Waals surface area (Å²) in [5.74, 6) is 0.536. The highest BCUT2D eigenvalue weighted by Gasteiger charge is 2.39. The zero-order valence-electron chi connectivity index (χ0n) is 17.2. The summed E-state index contributed by atoms with van der Waals surface area (Å²) in [6.45, 7) is 8.07. The van der Waals surface area contributed by atoms with Crippen molar-refractivity contribution < 1.29 is 9.18 Å². The molecule has 0 spiro atoms. The number of likely N-dealkylation sites (tertiary alicyclic amines) is 1. The van der Waals surface area contributed by atoms with Crippen molar-refractivity contribution in [2.24, 2.45) is 11.8 Å². The Hall–Kier alpha value is -2.24. The highest BCUT2D eigenvalue weighted by atomic mass is 19.1. The first-order valence-electron chi connectivity index (χ1n) is 10.6. The molecule has 0 bridgehead atoms. The molecule has 2 aliphatic rings. The Bertz CT molecular complexity index is 831. The average Bonchev–Trinajstić information content (AvgIpc) is 3.06. The second-order valence-corrected chi connectivity index (χ2v) is 8.61. The monoisotopic (exact) mass is 395 g/mol. The van der Waals surface area contributed by atoms with E-state index in [-0.39, 0.29) is 23.8 Å². The van der Waals surface area contributed by atoms with Gasteiger partial charge in [-0.2, -0.15) is 0 Å². The first kappa shape index (κ1) is 20.0. The quantitative estimate of drug-likeness (QED) is 0.839. The van der Waals surface area contributed by atoms with Crippen molar-refractivity contribution in [2.45, 2.75) is 38.9 Å². The van der Waals surface area contributed by atoms with Crippen LogP contribution in [0.4, 0.5) is 10.1 Å². The molecule has 5 heteroatoms. The molecular weight excluding hydrogens is 365 g/mol. The SMILES string of the molecule is C[C@@H]1CN(Cc2ccccc2)C[C@H](C)C1N[C@@H]1CCN(c2ccccc2F)C1=O. The Morgan fingerprint density at radius 3 is 2.34 bits per heavy atom. The van der Waals surface area contributed by atoms with Gasteiger partial charge in [-0.1, -0.05) is 56.3 Å². The maximum absolute atomic E-state index is 14.1. The van der Waals surface area contributed by atoms with Crippen molar-refractivity contribution in [3.8, 4) is 0 Å². The second kappa shape index (κ2) is 8.64. The molecule has 0 aliphatic carbocycles. The number of para-hydroxylation sites is 1. The van der Waals surface area contributed by atoms with E-state index in [2.05, 4.69) is 48.3 Å². The van der Waals surface area contributed by atoms with Crippen molar-refractivity contribution in [1.82, 2.24) is 10.2 Å². The maximum atomic E-state index is 14.1. The molecule has 1 amide bonds. The summed E-state index contributed by atoms with van der Waals surface area (Å²) in [4.78, 5) is 17.0. The van der Waals surface area contributed by atoms with E-state index in [1.165, 1.54) is 11.6 Å². The molecule has 2 aromatic rings. The Balaban J connectivity index is 1.37. The lowest BCUT2D eigenvalue weighted by atomic mass is 9.85. The van der Waals surface area contributed by atoms with Crippen molar-refractivity contribution in [3.05, 3.63) is 66.0 Å². The standard InChI is InChI=1S/C24H30FN3O/c1-17-14-27(16-19-8-4-3-5-9-19)15-18(2)23(17)26-21-12-13-28(24(21)29)22-11-7-6-10-20(22)25/h3-11,17-18,21,23,26H,12-16H2,1-2H3/t17-,18+,21-,23?/m1/s1. The van der Waals surface area contributed by atoms with Crippen molar-refractivity contribution >= 4 is 11.6 Å². The van der Waals surface area contributed by atoms with E-state index in [1.807, 2.05) is 6.07 Å². The summed E-state index contributed by atoms with van der Waals surface area (Å²) in [7, 11) is 0. The highest BCUT2D eigenvalue weighted by molar-refractivity contribution is 5.99. The van der Waals surface area contributed by atoms with E-state index >= 15 is 0 Å². The van der Waals surface area contributed by atoms with Gasteiger partial charge in [0.05, 0.1) is 11.7 Å². The number of anilines is 1. The highest BCUT2D eigenvalue weighted by Crippen LogP contribution is 2.28. The van der Waals surface area contributed by atoms with E-state index in [1.54, 1.807) is 23.1 Å². The number of hydrogen-bond acceptors (Lipinski definition) is 3. The van der Waals surface area contributed by atoms with Crippen LogP contribution in [-0.2, 0) is 11.3 Å². The van der Waals surface area contributed by atoms with Gasteiger partial charge in [0, 0.05) is 32.2 Å². The fourth-order valence-electron chi connectivity index (χ4n) is 4.95. The molecular formula is C24H30FN3O. The number of carbonyl (C=O) groups is 1. The van der Waals surface area contributed by atoms with E-state index < -0.39 is 0 Å². The minimum atomic E-state index is -0.336. The van der Waals surface area contributed by atoms with E-state index in [4.69, 9.17) is 0 Å². The number of amides is 1. The summed E-state index contributed by atoms with van der Waals surface area (Å²) in [5.41, 5.74) is 1.73. The van der Waals surface area contributed by atoms with Gasteiger partial charge in [-0.15, -0.1) is 0 Å². The van der Waals surface area contributed by atoms with Gasteiger partial charge < -0.3 is 10.2 Å². The predicted molar refractivity (Wildman–Crippen MR) is 114 cm³/mol. The average molecular weight is 396 g/mol. The molecule has 0 saturated carbocycles. The number of halogens is 1. The summed E-state index contributed by atoms with van der Waals surface area (Å²) in [6, 6.07) is 17.2. The minimum Gasteiger partial charge on any atom is -0.308 e. The van der Waals surface area contributed by atoms with Crippen molar-refractivity contribution in [2.75, 3.05) is 24.5 Å². The number of nitrogens with one attached hydrogen (secondary N) is 1. The molecule has 2 aromatic carbocycles. The summed E-state index contributed by atoms with van der Waals surface area (Å²) in [6.07, 6.45) is 0.719. The number of carbonyl (C=O) groups excluding carboxylic acids is 1. The molecule has 0 radical (unpaired) electrons. The van der Waals surface area contributed by atoms with Gasteiger partial charge in [0.2, 0.25) is 5.91 Å². The molecule has 4 rings (SSSR count). The molecule has 2 aliphatic heterocycles. The Kier molecular flexibility index (Phi) is 5.97. The third-order valence-electron chi connectivity index (χ3n) is 6.31. The normalized spacial score (nSPS) is 28.1. The molecule has 1 N–H and O–H groups in total. The van der Waals surface area contributed by atoms with E-state index in [9.17, 15) is 9.18 Å². The third-order valence-corrected chi connectivity index (χ3v) is 6.31. The van der Waals surface area contributed by atoms with Crippen LogP contribution in [0.5, 0.6) is 0 Å². The number of benzene rings is 2. The van der Waals surface area contributed by atoms with Crippen LogP contribution >= 0.6 is 0 Å². The van der Waals surface area contributed by atoms with Gasteiger partial charge in [0.15, 0.2) is 0 Å². The van der Waals surface area contributed by atoms with Gasteiger partial charge in [-0.25, -0.2) is 4.39 Å². The summed E-state index contributed by atoms with van der Waals surface area (Å²) < 4.78 is 14.1. The van der Waals surface area contributed by atoms with Crippen molar-refractivity contribution in [3.63, 3.8) is 0 Å². The van der Waals surface area contributed by atoms with E-state index in [0.29, 0.717) is 24.1 Å². The molecule has 2 fully saturated rings. The van der Waals surface area contributed by atoms with Crippen LogP contribution in [-0.4, -0.2) is 42.5 Å². The lowest BCUT2D eigenvalue weighted by Gasteiger charge is -2.42. The smallest absolute Gasteiger partial charge is 0.244 e. The van der Waals surface area contributed by atoms with Crippen LogP contribution in [0.2, 0.25) is 0 Å². The van der Waals surface area contributed by atoms with Crippen LogP contribution in [0, 0.1) is 17.7 Å². The number of piperidine rings is 1. The summed E-state index contributed by atoms with van der Waals surface area (Å²) in [5, 5.41) is 3.63. The molecule has 2 heterocycles. The van der Waals surface area contributed by atoms with Gasteiger partial charge >= 0.3 is 0 Å². The molecule has 2 saturated heterocycles. The largest absolute Gasteiger partial charge is 0.308 e. The lowest BCUT2D eigenvalue weighted by Crippen LogP contribution is -2.56.